The summed E-state index contributed by atoms with van der Waals surface area (Å²) in [6.45, 7) is 4.37. The molecule has 0 N–H and O–H groups in total. The monoisotopic (exact) mass is 231 g/mol. The lowest BCUT2D eigenvalue weighted by atomic mass is 9.99. The number of aromatic nitrogens is 1. The Balaban J connectivity index is 2.98. The first kappa shape index (κ1) is 11.2. The second-order valence-electron chi connectivity index (χ2n) is 3.05. The zero-order valence-corrected chi connectivity index (χ0v) is 10.7. The van der Waals surface area contributed by atoms with Gasteiger partial charge in [0.1, 0.15) is 5.01 Å². The minimum Gasteiger partial charge on any atom is -0.240 e. The van der Waals surface area contributed by atoms with Crippen LogP contribution in [0, 0.1) is 0 Å². The van der Waals surface area contributed by atoms with Crippen LogP contribution in [-0.2, 0) is 5.16 Å². The molecule has 0 radical (unpaired) electrons. The quantitative estimate of drug-likeness (QED) is 0.582. The van der Waals surface area contributed by atoms with E-state index in [1.165, 1.54) is 0 Å². The third-order valence-corrected chi connectivity index (χ3v) is 4.67. The van der Waals surface area contributed by atoms with Crippen molar-refractivity contribution in [3.05, 3.63) is 16.1 Å². The van der Waals surface area contributed by atoms with Crippen molar-refractivity contribution >= 4 is 38.2 Å². The molecule has 1 aromatic heterocycles. The van der Waals surface area contributed by atoms with Gasteiger partial charge in [0.05, 0.1) is 5.69 Å². The van der Waals surface area contributed by atoms with E-state index in [1.54, 1.807) is 16.7 Å². The van der Waals surface area contributed by atoms with Crippen LogP contribution in [0.25, 0.3) is 0 Å². The van der Waals surface area contributed by atoms with E-state index in [-0.39, 0.29) is 5.16 Å². The first-order chi connectivity index (χ1) is 6.16. The van der Waals surface area contributed by atoms with Crippen LogP contribution in [0.2, 0.25) is 0 Å². The third kappa shape index (κ3) is 2.34. The van der Waals surface area contributed by atoms with Crippen molar-refractivity contribution in [2.24, 2.45) is 0 Å². The summed E-state index contributed by atoms with van der Waals surface area (Å²) in [6.07, 6.45) is 2.18. The Bertz CT molecular complexity index is 292. The molecular weight excluding hydrogens is 217 g/mol. The van der Waals surface area contributed by atoms with Crippen LogP contribution in [0.3, 0.4) is 0 Å². The number of nitrogens with zero attached hydrogens (tertiary/aromatic N) is 1. The average Bonchev–Trinajstić information content (AvgIpc) is 2.65. The van der Waals surface area contributed by atoms with E-state index in [4.69, 9.17) is 12.2 Å². The molecule has 4 heteroatoms. The average molecular weight is 231 g/mol. The fraction of sp³-hybridized carbons (Fsp3) is 0.556. The molecule has 13 heavy (non-hydrogen) atoms. The van der Waals surface area contributed by atoms with Crippen LogP contribution in [0.1, 0.15) is 37.4 Å². The standard InChI is InChI=1S/C9H14NPS2/c1-3-9(11,4-2)7-6-13-8(5-12)10-7/h5-6H,3-4,11H2,1-2H3. The fourth-order valence-corrected chi connectivity index (χ4v) is 2.40. The first-order valence-electron chi connectivity index (χ1n) is 4.36. The second-order valence-corrected chi connectivity index (χ2v) is 5.28. The molecular formula is C9H14NPS2. The van der Waals surface area contributed by atoms with E-state index in [0.29, 0.717) is 0 Å². The molecule has 1 rings (SSSR count). The summed E-state index contributed by atoms with van der Waals surface area (Å²) < 4.78 is 0. The van der Waals surface area contributed by atoms with Gasteiger partial charge in [0.2, 0.25) is 0 Å². The maximum atomic E-state index is 4.84. The maximum absolute atomic E-state index is 4.84. The van der Waals surface area contributed by atoms with E-state index in [1.807, 2.05) is 0 Å². The van der Waals surface area contributed by atoms with Gasteiger partial charge in [-0.2, -0.15) is 0 Å². The molecule has 0 spiro atoms. The van der Waals surface area contributed by atoms with Crippen LogP contribution < -0.4 is 0 Å². The number of hydrogen-bond acceptors (Lipinski definition) is 3. The Kier molecular flexibility index (Phi) is 3.96. The minimum atomic E-state index is 0.146. The molecule has 72 valence electrons. The lowest BCUT2D eigenvalue weighted by Crippen LogP contribution is -2.15. The topological polar surface area (TPSA) is 12.9 Å². The summed E-state index contributed by atoms with van der Waals surface area (Å²) in [5, 5.41) is 4.84. The van der Waals surface area contributed by atoms with Crippen molar-refractivity contribution in [3.63, 3.8) is 0 Å². The van der Waals surface area contributed by atoms with Crippen molar-refractivity contribution < 1.29 is 0 Å². The van der Waals surface area contributed by atoms with Crippen LogP contribution in [0.5, 0.6) is 0 Å². The predicted molar refractivity (Wildman–Crippen MR) is 66.8 cm³/mol. The minimum absolute atomic E-state index is 0.146. The molecule has 1 nitrogen and oxygen atoms in total. The lowest BCUT2D eigenvalue weighted by Gasteiger charge is -2.23. The summed E-state index contributed by atoms with van der Waals surface area (Å²) >= 11 is 6.47. The summed E-state index contributed by atoms with van der Waals surface area (Å²) in [6, 6.07) is 0. The molecule has 0 aromatic carbocycles. The Labute approximate surface area is 91.2 Å². The van der Waals surface area contributed by atoms with E-state index in [9.17, 15) is 0 Å². The zero-order chi connectivity index (χ0) is 9.90. The van der Waals surface area contributed by atoms with Gasteiger partial charge < -0.3 is 0 Å². The van der Waals surface area contributed by atoms with Crippen molar-refractivity contribution in [1.29, 1.82) is 0 Å². The Morgan fingerprint density at radius 2 is 2.23 bits per heavy atom. The number of thiocarbonyl (C=S) groups is 1. The predicted octanol–water partition coefficient (Wildman–Crippen LogP) is 3.38. The molecule has 0 aliphatic rings. The Morgan fingerprint density at radius 3 is 2.62 bits per heavy atom. The molecule has 1 aromatic rings. The highest BCUT2D eigenvalue weighted by Crippen LogP contribution is 2.38. The van der Waals surface area contributed by atoms with Gasteiger partial charge in [0.15, 0.2) is 0 Å². The smallest absolute Gasteiger partial charge is 0.127 e. The maximum Gasteiger partial charge on any atom is 0.127 e. The van der Waals surface area contributed by atoms with Crippen molar-refractivity contribution in [2.75, 3.05) is 0 Å². The first-order valence-corrected chi connectivity index (χ1v) is 6.29. The largest absolute Gasteiger partial charge is 0.240 e. The fourth-order valence-electron chi connectivity index (χ4n) is 1.18. The molecule has 0 aliphatic heterocycles. The summed E-state index contributed by atoms with van der Waals surface area (Å²) in [4.78, 5) is 4.48. The van der Waals surface area contributed by atoms with Gasteiger partial charge in [-0.3, -0.25) is 0 Å². The Hall–Kier alpha value is 0.150. The molecule has 0 saturated heterocycles. The van der Waals surface area contributed by atoms with Gasteiger partial charge in [-0.25, -0.2) is 4.98 Å². The number of thiazole rings is 1. The summed E-state index contributed by atoms with van der Waals surface area (Å²) in [5.74, 6) is 0. The molecule has 1 atom stereocenters. The van der Waals surface area contributed by atoms with Gasteiger partial charge in [0.25, 0.3) is 0 Å². The van der Waals surface area contributed by atoms with Crippen LogP contribution in [-0.4, -0.2) is 10.4 Å². The van der Waals surface area contributed by atoms with Crippen LogP contribution in [0.15, 0.2) is 5.38 Å². The second kappa shape index (κ2) is 4.59. The highest BCUT2D eigenvalue weighted by atomic mass is 32.1. The Morgan fingerprint density at radius 1 is 1.62 bits per heavy atom. The molecule has 0 bridgehead atoms. The number of rotatable bonds is 4. The lowest BCUT2D eigenvalue weighted by molar-refractivity contribution is 0.565. The van der Waals surface area contributed by atoms with Gasteiger partial charge in [-0.1, -0.05) is 26.1 Å². The third-order valence-electron chi connectivity index (χ3n) is 2.39. The normalized spacial score (nSPS) is 11.6. The molecule has 0 fully saturated rings. The molecule has 0 amide bonds. The van der Waals surface area contributed by atoms with Crippen molar-refractivity contribution in [1.82, 2.24) is 4.98 Å². The highest BCUT2D eigenvalue weighted by Gasteiger charge is 2.25. The number of hydrogen-bond donors (Lipinski definition) is 0. The van der Waals surface area contributed by atoms with Crippen molar-refractivity contribution in [3.8, 4) is 0 Å². The van der Waals surface area contributed by atoms with Gasteiger partial charge in [-0.05, 0) is 12.8 Å². The molecule has 1 unspecified atom stereocenters. The van der Waals surface area contributed by atoms with Crippen LogP contribution >= 0.6 is 32.8 Å². The zero-order valence-electron chi connectivity index (χ0n) is 7.91. The summed E-state index contributed by atoms with van der Waals surface area (Å²) in [5.41, 5.74) is 1.16. The molecule has 0 saturated carbocycles. The van der Waals surface area contributed by atoms with E-state index in [0.717, 1.165) is 23.5 Å². The van der Waals surface area contributed by atoms with E-state index < -0.39 is 0 Å². The van der Waals surface area contributed by atoms with Gasteiger partial charge in [-0.15, -0.1) is 20.6 Å². The van der Waals surface area contributed by atoms with Crippen LogP contribution in [0.4, 0.5) is 0 Å². The highest BCUT2D eigenvalue weighted by molar-refractivity contribution is 7.79. The SMILES string of the molecule is CCC(P)(CC)c1csc(C=S)n1. The molecule has 0 aliphatic carbocycles. The van der Waals surface area contributed by atoms with Gasteiger partial charge in [0, 0.05) is 15.9 Å². The van der Waals surface area contributed by atoms with E-state index in [2.05, 4.69) is 33.5 Å². The summed E-state index contributed by atoms with van der Waals surface area (Å²) in [7, 11) is 2.91. The van der Waals surface area contributed by atoms with E-state index >= 15 is 0 Å². The van der Waals surface area contributed by atoms with Gasteiger partial charge >= 0.3 is 0 Å². The molecule has 1 heterocycles. The van der Waals surface area contributed by atoms with Crippen molar-refractivity contribution in [2.45, 2.75) is 31.8 Å².